The summed E-state index contributed by atoms with van der Waals surface area (Å²) in [4.78, 5) is 0. The van der Waals surface area contributed by atoms with Gasteiger partial charge in [-0.05, 0) is 30.4 Å². The lowest BCUT2D eigenvalue weighted by molar-refractivity contribution is 0.394. The lowest BCUT2D eigenvalue weighted by Crippen LogP contribution is -2.15. The maximum Gasteiger partial charge on any atom is 0.123 e. The van der Waals surface area contributed by atoms with E-state index in [0.29, 0.717) is 6.54 Å². The van der Waals surface area contributed by atoms with Gasteiger partial charge >= 0.3 is 0 Å². The van der Waals surface area contributed by atoms with E-state index in [1.54, 1.807) is 7.11 Å². The quantitative estimate of drug-likeness (QED) is 0.886. The Hall–Kier alpha value is -0.670. The standard InChI is InChI=1S/C16H25NOS/c1-12-4-3-5-15(8-12)19-11-13-6-7-14(10-17)16(9-13)18-2/h6-7,9,12,15H,3-5,8,10-11,17H2,1-2H3. The molecule has 2 atom stereocenters. The van der Waals surface area contributed by atoms with Crippen LogP contribution < -0.4 is 10.5 Å². The van der Waals surface area contributed by atoms with Crippen LogP contribution in [0.3, 0.4) is 0 Å². The van der Waals surface area contributed by atoms with E-state index >= 15 is 0 Å². The molecule has 1 aliphatic rings. The predicted molar refractivity (Wildman–Crippen MR) is 83.6 cm³/mol. The van der Waals surface area contributed by atoms with Gasteiger partial charge in [-0.15, -0.1) is 0 Å². The molecule has 2 unspecified atom stereocenters. The van der Waals surface area contributed by atoms with E-state index in [9.17, 15) is 0 Å². The van der Waals surface area contributed by atoms with Crippen molar-refractivity contribution in [3.63, 3.8) is 0 Å². The fourth-order valence-corrected chi connectivity index (χ4v) is 4.20. The monoisotopic (exact) mass is 279 g/mol. The van der Waals surface area contributed by atoms with Crippen molar-refractivity contribution >= 4 is 11.8 Å². The van der Waals surface area contributed by atoms with Crippen molar-refractivity contribution in [2.75, 3.05) is 7.11 Å². The number of thioether (sulfide) groups is 1. The van der Waals surface area contributed by atoms with Gasteiger partial charge in [-0.1, -0.05) is 31.9 Å². The summed E-state index contributed by atoms with van der Waals surface area (Å²) in [5.74, 6) is 2.91. The number of methoxy groups -OCH3 is 1. The minimum Gasteiger partial charge on any atom is -0.496 e. The third-order valence-electron chi connectivity index (χ3n) is 3.95. The zero-order chi connectivity index (χ0) is 13.7. The summed E-state index contributed by atoms with van der Waals surface area (Å²) >= 11 is 2.10. The highest BCUT2D eigenvalue weighted by Gasteiger charge is 2.19. The van der Waals surface area contributed by atoms with Gasteiger partial charge in [0.15, 0.2) is 0 Å². The van der Waals surface area contributed by atoms with Crippen molar-refractivity contribution in [2.24, 2.45) is 11.7 Å². The van der Waals surface area contributed by atoms with E-state index in [0.717, 1.165) is 28.2 Å². The Morgan fingerprint density at radius 2 is 2.21 bits per heavy atom. The molecule has 0 spiro atoms. The Morgan fingerprint density at radius 1 is 1.37 bits per heavy atom. The Bertz CT molecular complexity index is 408. The molecule has 19 heavy (non-hydrogen) atoms. The molecule has 106 valence electrons. The van der Waals surface area contributed by atoms with Crippen LogP contribution in [-0.4, -0.2) is 12.4 Å². The van der Waals surface area contributed by atoms with Crippen LogP contribution in [0.2, 0.25) is 0 Å². The van der Waals surface area contributed by atoms with Gasteiger partial charge in [-0.25, -0.2) is 0 Å². The average molecular weight is 279 g/mol. The van der Waals surface area contributed by atoms with Crippen molar-refractivity contribution in [1.29, 1.82) is 0 Å². The van der Waals surface area contributed by atoms with Gasteiger partial charge in [0, 0.05) is 23.1 Å². The summed E-state index contributed by atoms with van der Waals surface area (Å²) in [5, 5.41) is 0.837. The molecule has 0 aliphatic heterocycles. The molecule has 2 N–H and O–H groups in total. The number of hydrogen-bond acceptors (Lipinski definition) is 3. The SMILES string of the molecule is COc1cc(CSC2CCCC(C)C2)ccc1CN. The first-order valence-electron chi connectivity index (χ1n) is 7.20. The molecule has 0 heterocycles. The minimum atomic E-state index is 0.538. The van der Waals surface area contributed by atoms with Crippen LogP contribution in [0.4, 0.5) is 0 Å². The molecule has 2 rings (SSSR count). The molecular formula is C16H25NOS. The number of rotatable bonds is 5. The normalized spacial score (nSPS) is 23.3. The highest BCUT2D eigenvalue weighted by Crippen LogP contribution is 2.34. The smallest absolute Gasteiger partial charge is 0.123 e. The van der Waals surface area contributed by atoms with Crippen molar-refractivity contribution in [1.82, 2.24) is 0 Å². The molecule has 1 aliphatic carbocycles. The van der Waals surface area contributed by atoms with Crippen LogP contribution in [0, 0.1) is 5.92 Å². The zero-order valence-corrected chi connectivity index (χ0v) is 12.8. The fraction of sp³-hybridized carbons (Fsp3) is 0.625. The molecule has 1 aromatic carbocycles. The minimum absolute atomic E-state index is 0.538. The van der Waals surface area contributed by atoms with Gasteiger partial charge in [-0.2, -0.15) is 11.8 Å². The Kier molecular flexibility index (Phi) is 5.59. The second-order valence-corrected chi connectivity index (χ2v) is 6.84. The Balaban J connectivity index is 1.92. The number of nitrogens with two attached hydrogens (primary N) is 1. The van der Waals surface area contributed by atoms with Crippen molar-refractivity contribution in [3.8, 4) is 5.75 Å². The van der Waals surface area contributed by atoms with E-state index in [2.05, 4.69) is 36.9 Å². The molecule has 0 aromatic heterocycles. The maximum atomic E-state index is 5.70. The molecule has 0 bridgehead atoms. The third kappa shape index (κ3) is 4.15. The average Bonchev–Trinajstić information content (AvgIpc) is 2.45. The second-order valence-electron chi connectivity index (χ2n) is 5.56. The van der Waals surface area contributed by atoms with E-state index in [4.69, 9.17) is 10.5 Å². The second kappa shape index (κ2) is 7.20. The molecule has 2 nitrogen and oxygen atoms in total. The van der Waals surface area contributed by atoms with Crippen LogP contribution in [0.15, 0.2) is 18.2 Å². The molecular weight excluding hydrogens is 254 g/mol. The molecule has 1 fully saturated rings. The number of hydrogen-bond donors (Lipinski definition) is 1. The summed E-state index contributed by atoms with van der Waals surface area (Å²) in [6.07, 6.45) is 5.57. The van der Waals surface area contributed by atoms with Crippen molar-refractivity contribution in [2.45, 2.75) is 50.2 Å². The van der Waals surface area contributed by atoms with Gasteiger partial charge in [0.05, 0.1) is 7.11 Å². The molecule has 1 aromatic rings. The van der Waals surface area contributed by atoms with Gasteiger partial charge in [0.25, 0.3) is 0 Å². The summed E-state index contributed by atoms with van der Waals surface area (Å²) < 4.78 is 5.40. The summed E-state index contributed by atoms with van der Waals surface area (Å²) in [6, 6.07) is 6.42. The first kappa shape index (κ1) is 14.7. The Labute approximate surface area is 121 Å². The van der Waals surface area contributed by atoms with Crippen LogP contribution in [-0.2, 0) is 12.3 Å². The van der Waals surface area contributed by atoms with Crippen molar-refractivity contribution < 1.29 is 4.74 Å². The highest BCUT2D eigenvalue weighted by molar-refractivity contribution is 7.99. The molecule has 1 saturated carbocycles. The van der Waals surface area contributed by atoms with Crippen molar-refractivity contribution in [3.05, 3.63) is 29.3 Å². The molecule has 3 heteroatoms. The van der Waals surface area contributed by atoms with E-state index < -0.39 is 0 Å². The van der Waals surface area contributed by atoms with Gasteiger partial charge in [-0.3, -0.25) is 0 Å². The predicted octanol–water partition coefficient (Wildman–Crippen LogP) is 3.97. The Morgan fingerprint density at radius 3 is 2.89 bits per heavy atom. The molecule has 0 amide bonds. The van der Waals surface area contributed by atoms with E-state index in [1.807, 2.05) is 0 Å². The maximum absolute atomic E-state index is 5.70. The lowest BCUT2D eigenvalue weighted by atomic mass is 9.91. The largest absolute Gasteiger partial charge is 0.496 e. The summed E-state index contributed by atoms with van der Waals surface area (Å²) in [7, 11) is 1.72. The lowest BCUT2D eigenvalue weighted by Gasteiger charge is -2.26. The van der Waals surface area contributed by atoms with Gasteiger partial charge in [0.2, 0.25) is 0 Å². The zero-order valence-electron chi connectivity index (χ0n) is 12.0. The van der Waals surface area contributed by atoms with Crippen LogP contribution in [0.25, 0.3) is 0 Å². The first-order chi connectivity index (χ1) is 9.22. The van der Waals surface area contributed by atoms with Gasteiger partial charge in [0.1, 0.15) is 5.75 Å². The first-order valence-corrected chi connectivity index (χ1v) is 8.25. The summed E-state index contributed by atoms with van der Waals surface area (Å²) in [6.45, 7) is 2.92. The molecule has 0 saturated heterocycles. The number of ether oxygens (including phenoxy) is 1. The number of benzene rings is 1. The third-order valence-corrected chi connectivity index (χ3v) is 5.34. The fourth-order valence-electron chi connectivity index (χ4n) is 2.79. The van der Waals surface area contributed by atoms with Crippen LogP contribution >= 0.6 is 11.8 Å². The summed E-state index contributed by atoms with van der Waals surface area (Å²) in [5.41, 5.74) is 8.13. The highest BCUT2D eigenvalue weighted by atomic mass is 32.2. The van der Waals surface area contributed by atoms with Crippen LogP contribution in [0.1, 0.15) is 43.7 Å². The topological polar surface area (TPSA) is 35.2 Å². The van der Waals surface area contributed by atoms with Gasteiger partial charge < -0.3 is 10.5 Å². The van der Waals surface area contributed by atoms with Crippen LogP contribution in [0.5, 0.6) is 5.75 Å². The molecule has 0 radical (unpaired) electrons. The van der Waals surface area contributed by atoms with E-state index in [-0.39, 0.29) is 0 Å². The van der Waals surface area contributed by atoms with E-state index in [1.165, 1.54) is 31.2 Å².